The summed E-state index contributed by atoms with van der Waals surface area (Å²) in [7, 11) is 0. The van der Waals surface area contributed by atoms with Crippen LogP contribution in [-0.2, 0) is 4.79 Å². The van der Waals surface area contributed by atoms with Crippen LogP contribution in [0.1, 0.15) is 20.2 Å². The van der Waals surface area contributed by atoms with Crippen molar-refractivity contribution >= 4 is 45.8 Å². The van der Waals surface area contributed by atoms with Gasteiger partial charge in [-0.2, -0.15) is 0 Å². The lowest BCUT2D eigenvalue weighted by Gasteiger charge is -1.98. The highest BCUT2D eigenvalue weighted by Crippen LogP contribution is 2.21. The highest BCUT2D eigenvalue weighted by molar-refractivity contribution is 7.16. The highest BCUT2D eigenvalue weighted by atomic mass is 32.1. The average Bonchev–Trinajstić information content (AvgIpc) is 2.95. The van der Waals surface area contributed by atoms with Gasteiger partial charge in [0.15, 0.2) is 5.13 Å². The molecule has 1 amide bonds. The Morgan fingerprint density at radius 3 is 2.84 bits per heavy atom. The molecule has 6 nitrogen and oxygen atoms in total. The van der Waals surface area contributed by atoms with Crippen molar-refractivity contribution in [2.75, 3.05) is 5.32 Å². The molecule has 0 aromatic carbocycles. The van der Waals surface area contributed by atoms with Crippen LogP contribution in [-0.4, -0.2) is 27.0 Å². The summed E-state index contributed by atoms with van der Waals surface area (Å²) in [4.78, 5) is 31.4. The van der Waals surface area contributed by atoms with Gasteiger partial charge in [0.05, 0.1) is 11.2 Å². The van der Waals surface area contributed by atoms with E-state index >= 15 is 0 Å². The van der Waals surface area contributed by atoms with E-state index < -0.39 is 5.97 Å². The summed E-state index contributed by atoms with van der Waals surface area (Å²) < 4.78 is 0. The molecule has 2 aromatic heterocycles. The summed E-state index contributed by atoms with van der Waals surface area (Å²) in [5.41, 5.74) is 2.28. The van der Waals surface area contributed by atoms with Gasteiger partial charge in [0, 0.05) is 17.2 Å². The minimum absolute atomic E-state index is 0.261. The van der Waals surface area contributed by atoms with Gasteiger partial charge in [0.25, 0.3) is 5.91 Å². The van der Waals surface area contributed by atoms with Crippen LogP contribution in [0.5, 0.6) is 0 Å². The zero-order valence-corrected chi connectivity index (χ0v) is 11.4. The van der Waals surface area contributed by atoms with Crippen molar-refractivity contribution in [3.8, 4) is 0 Å². The molecule has 2 N–H and O–H groups in total. The molecular weight excluding hydrogens is 286 g/mol. The Hall–Kier alpha value is -2.06. The fraction of sp³-hybridized carbons (Fsp3) is 0.0909. The van der Waals surface area contributed by atoms with Gasteiger partial charge in [-0.1, -0.05) is 11.3 Å². The fourth-order valence-corrected chi connectivity index (χ4v) is 2.66. The smallest absolute Gasteiger partial charge is 0.328 e. The van der Waals surface area contributed by atoms with Gasteiger partial charge in [0.1, 0.15) is 4.88 Å². The van der Waals surface area contributed by atoms with E-state index in [1.807, 2.05) is 0 Å². The Balaban J connectivity index is 2.06. The number of hydrogen-bond donors (Lipinski definition) is 2. The van der Waals surface area contributed by atoms with Gasteiger partial charge < -0.3 is 5.11 Å². The van der Waals surface area contributed by atoms with Crippen molar-refractivity contribution < 1.29 is 14.7 Å². The van der Waals surface area contributed by atoms with Gasteiger partial charge in [-0.25, -0.2) is 14.8 Å². The van der Waals surface area contributed by atoms with Crippen LogP contribution < -0.4 is 5.32 Å². The molecule has 2 aromatic rings. The molecule has 2 heterocycles. The van der Waals surface area contributed by atoms with Gasteiger partial charge in [-0.05, 0) is 13.0 Å². The van der Waals surface area contributed by atoms with Crippen LogP contribution >= 0.6 is 22.7 Å². The Bertz CT molecular complexity index is 645. The SMILES string of the molecule is Cc1ncsc1C(=O)Nc1ncc(C=CC(=O)O)s1. The molecule has 0 aliphatic rings. The van der Waals surface area contributed by atoms with E-state index in [0.29, 0.717) is 20.6 Å². The number of aromatic nitrogens is 2. The first-order valence-corrected chi connectivity index (χ1v) is 6.84. The number of anilines is 1. The summed E-state index contributed by atoms with van der Waals surface area (Å²) in [6.45, 7) is 1.76. The minimum atomic E-state index is -1.03. The topological polar surface area (TPSA) is 92.2 Å². The molecule has 19 heavy (non-hydrogen) atoms. The third-order valence-electron chi connectivity index (χ3n) is 2.09. The number of rotatable bonds is 4. The molecule has 0 radical (unpaired) electrons. The first-order valence-electron chi connectivity index (χ1n) is 5.14. The summed E-state index contributed by atoms with van der Waals surface area (Å²) in [6, 6.07) is 0. The number of carbonyl (C=O) groups excluding carboxylic acids is 1. The maximum absolute atomic E-state index is 11.9. The van der Waals surface area contributed by atoms with Crippen LogP contribution in [0.15, 0.2) is 17.8 Å². The second-order valence-corrected chi connectivity index (χ2v) is 5.38. The number of nitrogens with zero attached hydrogens (tertiary/aromatic N) is 2. The number of thiazole rings is 2. The van der Waals surface area contributed by atoms with Crippen molar-refractivity contribution in [1.29, 1.82) is 0 Å². The van der Waals surface area contributed by atoms with Crippen LogP contribution in [0.25, 0.3) is 6.08 Å². The van der Waals surface area contributed by atoms with E-state index in [9.17, 15) is 9.59 Å². The molecule has 98 valence electrons. The van der Waals surface area contributed by atoms with Crippen molar-refractivity contribution in [2.24, 2.45) is 0 Å². The fourth-order valence-electron chi connectivity index (χ4n) is 1.25. The van der Waals surface area contributed by atoms with Gasteiger partial charge in [-0.15, -0.1) is 11.3 Å². The largest absolute Gasteiger partial charge is 0.478 e. The molecule has 0 atom stereocenters. The van der Waals surface area contributed by atoms with Crippen molar-refractivity contribution in [1.82, 2.24) is 9.97 Å². The van der Waals surface area contributed by atoms with Crippen LogP contribution in [0.2, 0.25) is 0 Å². The number of carbonyl (C=O) groups is 2. The number of aliphatic carboxylic acids is 1. The zero-order chi connectivity index (χ0) is 13.8. The molecule has 0 saturated carbocycles. The zero-order valence-electron chi connectivity index (χ0n) is 9.78. The second-order valence-electron chi connectivity index (χ2n) is 3.46. The Kier molecular flexibility index (Phi) is 4.03. The van der Waals surface area contributed by atoms with Crippen molar-refractivity contribution in [3.05, 3.63) is 33.2 Å². The molecule has 0 spiro atoms. The third-order valence-corrected chi connectivity index (χ3v) is 3.89. The molecule has 0 unspecified atom stereocenters. The standard InChI is InChI=1S/C11H9N3O3S2/c1-6-9(18-5-13-6)10(17)14-11-12-4-7(19-11)2-3-8(15)16/h2-5H,1H3,(H,15,16)(H,12,14,17). The monoisotopic (exact) mass is 295 g/mol. The summed E-state index contributed by atoms with van der Waals surface area (Å²) >= 11 is 2.46. The molecule has 2 rings (SSSR count). The summed E-state index contributed by atoms with van der Waals surface area (Å²) in [5.74, 6) is -1.29. The predicted molar refractivity (Wildman–Crippen MR) is 73.6 cm³/mol. The summed E-state index contributed by atoms with van der Waals surface area (Å²) in [6.07, 6.45) is 3.94. The van der Waals surface area contributed by atoms with Crippen LogP contribution in [0.3, 0.4) is 0 Å². The quantitative estimate of drug-likeness (QED) is 0.844. The first-order chi connectivity index (χ1) is 9.06. The molecule has 0 saturated heterocycles. The minimum Gasteiger partial charge on any atom is -0.478 e. The third kappa shape index (κ3) is 3.46. The van der Waals surface area contributed by atoms with E-state index in [1.54, 1.807) is 12.4 Å². The number of hydrogen-bond acceptors (Lipinski definition) is 6. The van der Waals surface area contributed by atoms with Gasteiger partial charge in [0.2, 0.25) is 0 Å². The van der Waals surface area contributed by atoms with E-state index in [-0.39, 0.29) is 5.91 Å². The maximum atomic E-state index is 11.9. The van der Waals surface area contributed by atoms with Crippen molar-refractivity contribution in [2.45, 2.75) is 6.92 Å². The van der Waals surface area contributed by atoms with E-state index in [2.05, 4.69) is 15.3 Å². The summed E-state index contributed by atoms with van der Waals surface area (Å²) in [5, 5.41) is 11.6. The predicted octanol–water partition coefficient (Wildman–Crippen LogP) is 2.26. The molecular formula is C11H9N3O3S2. The first kappa shape index (κ1) is 13.4. The number of carboxylic acid groups (broad SMARTS) is 1. The normalized spacial score (nSPS) is 10.8. The number of carboxylic acids is 1. The average molecular weight is 295 g/mol. The molecule has 0 aliphatic carbocycles. The molecule has 0 bridgehead atoms. The number of amides is 1. The van der Waals surface area contributed by atoms with E-state index in [0.717, 1.165) is 6.08 Å². The number of aryl methyl sites for hydroxylation is 1. The van der Waals surface area contributed by atoms with Crippen molar-refractivity contribution in [3.63, 3.8) is 0 Å². The lowest BCUT2D eigenvalue weighted by atomic mass is 10.4. The Morgan fingerprint density at radius 1 is 1.42 bits per heavy atom. The molecule has 8 heteroatoms. The Labute approximate surface area is 116 Å². The second kappa shape index (κ2) is 5.72. The van der Waals surface area contributed by atoms with Crippen LogP contribution in [0, 0.1) is 6.92 Å². The highest BCUT2D eigenvalue weighted by Gasteiger charge is 2.13. The van der Waals surface area contributed by atoms with Gasteiger partial charge in [-0.3, -0.25) is 10.1 Å². The van der Waals surface area contributed by atoms with Crippen LogP contribution in [0.4, 0.5) is 5.13 Å². The Morgan fingerprint density at radius 2 is 2.21 bits per heavy atom. The molecule has 0 aliphatic heterocycles. The van der Waals surface area contributed by atoms with Gasteiger partial charge >= 0.3 is 5.97 Å². The molecule has 0 fully saturated rings. The lowest BCUT2D eigenvalue weighted by Crippen LogP contribution is -2.11. The lowest BCUT2D eigenvalue weighted by molar-refractivity contribution is -0.131. The van der Waals surface area contributed by atoms with E-state index in [4.69, 9.17) is 5.11 Å². The number of nitrogens with one attached hydrogen (secondary N) is 1. The maximum Gasteiger partial charge on any atom is 0.328 e. The van der Waals surface area contributed by atoms with E-state index in [1.165, 1.54) is 34.9 Å².